The fourth-order valence-corrected chi connectivity index (χ4v) is 2.69. The fourth-order valence-electron chi connectivity index (χ4n) is 2.69. The quantitative estimate of drug-likeness (QED) is 0.571. The largest absolute Gasteiger partial charge is 0.494 e. The molecule has 0 aliphatic heterocycles. The van der Waals surface area contributed by atoms with Crippen molar-refractivity contribution in [3.63, 3.8) is 0 Å². The summed E-state index contributed by atoms with van der Waals surface area (Å²) in [5.41, 5.74) is 6.22. The lowest BCUT2D eigenvalue weighted by Crippen LogP contribution is -2.41. The van der Waals surface area contributed by atoms with Crippen molar-refractivity contribution in [2.45, 2.75) is 26.2 Å². The van der Waals surface area contributed by atoms with Crippen LogP contribution < -0.4 is 15.6 Å². The average molecular weight is 393 g/mol. The van der Waals surface area contributed by atoms with Gasteiger partial charge >= 0.3 is 0 Å². The van der Waals surface area contributed by atoms with Crippen molar-refractivity contribution in [2.75, 3.05) is 6.61 Å². The normalized spacial score (nSPS) is 10.4. The molecule has 7 nitrogen and oxygen atoms in total. The van der Waals surface area contributed by atoms with Crippen LogP contribution in [0.1, 0.15) is 36.0 Å². The van der Waals surface area contributed by atoms with Gasteiger partial charge in [-0.05, 0) is 37.6 Å². The number of hydrogen-bond acceptors (Lipinski definition) is 5. The molecule has 150 valence electrons. The Balaban J connectivity index is 1.39. The number of amides is 2. The van der Waals surface area contributed by atoms with E-state index in [1.807, 2.05) is 37.3 Å². The molecule has 0 saturated heterocycles. The van der Waals surface area contributed by atoms with Crippen LogP contribution >= 0.6 is 0 Å². The van der Waals surface area contributed by atoms with Gasteiger partial charge in [0.1, 0.15) is 5.75 Å². The van der Waals surface area contributed by atoms with Crippen molar-refractivity contribution in [3.05, 3.63) is 72.2 Å². The molecule has 0 bridgehead atoms. The number of nitrogens with one attached hydrogen (secondary N) is 2. The molecule has 2 N–H and O–H groups in total. The molecule has 29 heavy (non-hydrogen) atoms. The summed E-state index contributed by atoms with van der Waals surface area (Å²) >= 11 is 0. The molecule has 0 aliphatic rings. The van der Waals surface area contributed by atoms with Crippen molar-refractivity contribution >= 4 is 11.8 Å². The summed E-state index contributed by atoms with van der Waals surface area (Å²) in [7, 11) is 0. The number of benzene rings is 2. The van der Waals surface area contributed by atoms with Gasteiger partial charge in [0, 0.05) is 24.0 Å². The van der Waals surface area contributed by atoms with E-state index in [1.54, 1.807) is 30.5 Å². The van der Waals surface area contributed by atoms with Crippen LogP contribution in [0.2, 0.25) is 0 Å². The highest BCUT2D eigenvalue weighted by molar-refractivity contribution is 5.95. The van der Waals surface area contributed by atoms with Gasteiger partial charge in [-0.2, -0.15) is 0 Å². The topological polar surface area (TPSA) is 93.5 Å². The Hall–Kier alpha value is -3.61. The molecule has 7 heteroatoms. The highest BCUT2D eigenvalue weighted by Crippen LogP contribution is 2.20. The van der Waals surface area contributed by atoms with Gasteiger partial charge in [0.25, 0.3) is 5.91 Å². The van der Waals surface area contributed by atoms with Crippen molar-refractivity contribution in [1.82, 2.24) is 15.8 Å². The van der Waals surface area contributed by atoms with Gasteiger partial charge in [0.15, 0.2) is 11.7 Å². The Morgan fingerprint density at radius 1 is 1.03 bits per heavy atom. The van der Waals surface area contributed by atoms with Gasteiger partial charge in [-0.15, -0.1) is 0 Å². The number of aryl methyl sites for hydroxylation is 1. The lowest BCUT2D eigenvalue weighted by Gasteiger charge is -2.08. The highest BCUT2D eigenvalue weighted by Gasteiger charge is 2.10. The second-order valence-electron chi connectivity index (χ2n) is 6.30. The van der Waals surface area contributed by atoms with Gasteiger partial charge in [0.2, 0.25) is 5.91 Å². The minimum absolute atomic E-state index is 0.243. The van der Waals surface area contributed by atoms with Gasteiger partial charge < -0.3 is 9.15 Å². The number of hydrazine groups is 1. The molecule has 3 aromatic rings. The molecule has 3 rings (SSSR count). The Labute approximate surface area is 169 Å². The Morgan fingerprint density at radius 3 is 2.52 bits per heavy atom. The first-order valence-electron chi connectivity index (χ1n) is 9.48. The van der Waals surface area contributed by atoms with Gasteiger partial charge in [0.05, 0.1) is 12.8 Å². The third-order valence-electron chi connectivity index (χ3n) is 4.15. The van der Waals surface area contributed by atoms with Crippen LogP contribution in [0.25, 0.3) is 11.3 Å². The van der Waals surface area contributed by atoms with Crippen LogP contribution in [-0.4, -0.2) is 23.4 Å². The minimum Gasteiger partial charge on any atom is -0.494 e. The second kappa shape index (κ2) is 10.1. The number of aromatic nitrogens is 1. The molecule has 1 aromatic heterocycles. The first kappa shape index (κ1) is 20.1. The van der Waals surface area contributed by atoms with E-state index in [-0.39, 0.29) is 18.2 Å². The predicted molar refractivity (Wildman–Crippen MR) is 108 cm³/mol. The van der Waals surface area contributed by atoms with Crippen LogP contribution in [0.4, 0.5) is 0 Å². The average Bonchev–Trinajstić information content (AvgIpc) is 3.22. The molecule has 0 radical (unpaired) electrons. The van der Waals surface area contributed by atoms with Gasteiger partial charge in [-0.25, -0.2) is 4.98 Å². The van der Waals surface area contributed by atoms with Crippen LogP contribution in [-0.2, 0) is 11.2 Å². The molecule has 0 fully saturated rings. The molecule has 0 saturated carbocycles. The summed E-state index contributed by atoms with van der Waals surface area (Å²) < 4.78 is 11.0. The Kier molecular flexibility index (Phi) is 7.00. The summed E-state index contributed by atoms with van der Waals surface area (Å²) in [5, 5.41) is 0. The van der Waals surface area contributed by atoms with E-state index >= 15 is 0 Å². The Bertz CT molecular complexity index is 936. The summed E-state index contributed by atoms with van der Waals surface area (Å²) in [6, 6.07) is 16.4. The van der Waals surface area contributed by atoms with E-state index in [4.69, 9.17) is 9.15 Å². The molecular formula is C22H23N3O4. The van der Waals surface area contributed by atoms with Gasteiger partial charge in [-0.1, -0.05) is 30.3 Å². The molecule has 0 spiro atoms. The molecule has 1 heterocycles. The van der Waals surface area contributed by atoms with Crippen LogP contribution in [0.3, 0.4) is 0 Å². The standard InChI is InChI=1S/C22H23N3O4/c1-2-28-18-13-11-17(12-14-18)22(27)25-24-20(26)9-6-10-21-23-15-19(29-21)16-7-4-3-5-8-16/h3-5,7-8,11-15H,2,6,9-10H2,1H3,(H,24,26)(H,25,27). The van der Waals surface area contributed by atoms with Crippen LogP contribution in [0.5, 0.6) is 5.75 Å². The molecule has 2 aromatic carbocycles. The SMILES string of the molecule is CCOc1ccc(C(=O)NNC(=O)CCCc2ncc(-c3ccccc3)o2)cc1. The van der Waals surface area contributed by atoms with E-state index in [2.05, 4.69) is 15.8 Å². The Morgan fingerprint density at radius 2 is 1.79 bits per heavy atom. The van der Waals surface area contributed by atoms with E-state index < -0.39 is 0 Å². The van der Waals surface area contributed by atoms with E-state index in [9.17, 15) is 9.59 Å². The third kappa shape index (κ3) is 5.93. The van der Waals surface area contributed by atoms with E-state index in [0.29, 0.717) is 42.4 Å². The lowest BCUT2D eigenvalue weighted by molar-refractivity contribution is -0.121. The number of hydrogen-bond donors (Lipinski definition) is 2. The summed E-state index contributed by atoms with van der Waals surface area (Å²) in [6.07, 6.45) is 3.01. The first-order chi connectivity index (χ1) is 14.2. The van der Waals surface area contributed by atoms with Crippen molar-refractivity contribution in [2.24, 2.45) is 0 Å². The van der Waals surface area contributed by atoms with Crippen molar-refractivity contribution in [3.8, 4) is 17.1 Å². The third-order valence-corrected chi connectivity index (χ3v) is 4.15. The van der Waals surface area contributed by atoms with E-state index in [0.717, 1.165) is 5.56 Å². The summed E-state index contributed by atoms with van der Waals surface area (Å²) in [6.45, 7) is 2.45. The van der Waals surface area contributed by atoms with Crippen molar-refractivity contribution < 1.29 is 18.7 Å². The molecule has 2 amide bonds. The number of ether oxygens (including phenoxy) is 1. The second-order valence-corrected chi connectivity index (χ2v) is 6.30. The molecular weight excluding hydrogens is 370 g/mol. The zero-order valence-electron chi connectivity index (χ0n) is 16.2. The molecule has 0 atom stereocenters. The smallest absolute Gasteiger partial charge is 0.269 e. The van der Waals surface area contributed by atoms with E-state index in [1.165, 1.54) is 0 Å². The zero-order chi connectivity index (χ0) is 20.5. The summed E-state index contributed by atoms with van der Waals surface area (Å²) in [5.74, 6) is 1.30. The fraction of sp³-hybridized carbons (Fsp3) is 0.227. The lowest BCUT2D eigenvalue weighted by atomic mass is 10.2. The number of nitrogens with zero attached hydrogens (tertiary/aromatic N) is 1. The highest BCUT2D eigenvalue weighted by atomic mass is 16.5. The zero-order valence-corrected chi connectivity index (χ0v) is 16.2. The maximum atomic E-state index is 12.1. The monoisotopic (exact) mass is 393 g/mol. The molecule has 0 unspecified atom stereocenters. The van der Waals surface area contributed by atoms with Crippen molar-refractivity contribution in [1.29, 1.82) is 0 Å². The predicted octanol–water partition coefficient (Wildman–Crippen LogP) is 3.52. The van der Waals surface area contributed by atoms with Gasteiger partial charge in [-0.3, -0.25) is 20.4 Å². The minimum atomic E-state index is -0.387. The molecule has 0 aliphatic carbocycles. The first-order valence-corrected chi connectivity index (χ1v) is 9.48. The van der Waals surface area contributed by atoms with Crippen LogP contribution in [0, 0.1) is 0 Å². The maximum Gasteiger partial charge on any atom is 0.269 e. The number of carbonyl (C=O) groups is 2. The number of carbonyl (C=O) groups excluding carboxylic acids is 2. The maximum absolute atomic E-state index is 12.1. The number of oxazole rings is 1. The van der Waals surface area contributed by atoms with Crippen LogP contribution in [0.15, 0.2) is 65.2 Å². The summed E-state index contributed by atoms with van der Waals surface area (Å²) in [4.78, 5) is 28.2. The number of rotatable bonds is 8.